The molecule has 2 aromatic rings. The fraction of sp³-hybridized carbons (Fsp3) is 0.278. The Bertz CT molecular complexity index is 618. The van der Waals surface area contributed by atoms with Crippen LogP contribution in [0.2, 0.25) is 0 Å². The standard InChI is InChI=1S/C18H18O4/c1-2-11-20-17(19)18-21-15-9-5-3-7-13(15)12-14-8-4-6-10-16(14)22-18/h3-10,18H,2,11-12H2,1H3. The van der Waals surface area contributed by atoms with Gasteiger partial charge in [-0.1, -0.05) is 43.3 Å². The van der Waals surface area contributed by atoms with E-state index >= 15 is 0 Å². The van der Waals surface area contributed by atoms with E-state index in [9.17, 15) is 4.79 Å². The van der Waals surface area contributed by atoms with Gasteiger partial charge in [0.25, 0.3) is 0 Å². The van der Waals surface area contributed by atoms with Crippen LogP contribution in [0.15, 0.2) is 48.5 Å². The molecule has 0 fully saturated rings. The Morgan fingerprint density at radius 3 is 2.14 bits per heavy atom. The summed E-state index contributed by atoms with van der Waals surface area (Å²) < 4.78 is 16.7. The highest BCUT2D eigenvalue weighted by Gasteiger charge is 2.28. The fourth-order valence-corrected chi connectivity index (χ4v) is 2.36. The van der Waals surface area contributed by atoms with Gasteiger partial charge in [0, 0.05) is 6.42 Å². The summed E-state index contributed by atoms with van der Waals surface area (Å²) in [6, 6.07) is 15.3. The van der Waals surface area contributed by atoms with Crippen LogP contribution in [0.25, 0.3) is 0 Å². The number of para-hydroxylation sites is 2. The highest BCUT2D eigenvalue weighted by Crippen LogP contribution is 2.30. The molecule has 0 radical (unpaired) electrons. The predicted molar refractivity (Wildman–Crippen MR) is 82.0 cm³/mol. The second kappa shape index (κ2) is 6.52. The van der Waals surface area contributed by atoms with Crippen LogP contribution in [0.5, 0.6) is 11.5 Å². The molecule has 3 rings (SSSR count). The number of esters is 1. The number of hydrogen-bond donors (Lipinski definition) is 0. The van der Waals surface area contributed by atoms with E-state index < -0.39 is 12.3 Å². The highest BCUT2D eigenvalue weighted by atomic mass is 16.7. The van der Waals surface area contributed by atoms with Crippen molar-refractivity contribution < 1.29 is 19.0 Å². The third-order valence-corrected chi connectivity index (χ3v) is 3.44. The summed E-state index contributed by atoms with van der Waals surface area (Å²) >= 11 is 0. The Balaban J connectivity index is 1.95. The van der Waals surface area contributed by atoms with Gasteiger partial charge >= 0.3 is 12.3 Å². The molecule has 0 aliphatic carbocycles. The zero-order valence-electron chi connectivity index (χ0n) is 12.5. The summed E-state index contributed by atoms with van der Waals surface area (Å²) in [6.45, 7) is 2.29. The summed E-state index contributed by atoms with van der Waals surface area (Å²) in [5.74, 6) is 0.791. The van der Waals surface area contributed by atoms with Crippen molar-refractivity contribution in [2.24, 2.45) is 0 Å². The minimum atomic E-state index is -1.09. The lowest BCUT2D eigenvalue weighted by molar-refractivity contribution is -0.165. The number of carbonyl (C=O) groups excluding carboxylic acids is 1. The van der Waals surface area contributed by atoms with Crippen molar-refractivity contribution in [1.29, 1.82) is 0 Å². The minimum absolute atomic E-state index is 0.353. The molecule has 1 aliphatic heterocycles. The lowest BCUT2D eigenvalue weighted by Gasteiger charge is -2.24. The van der Waals surface area contributed by atoms with Crippen molar-refractivity contribution in [3.8, 4) is 11.5 Å². The number of rotatable bonds is 3. The topological polar surface area (TPSA) is 44.8 Å². The quantitative estimate of drug-likeness (QED) is 0.815. The van der Waals surface area contributed by atoms with Gasteiger partial charge in [-0.15, -0.1) is 0 Å². The van der Waals surface area contributed by atoms with Crippen molar-refractivity contribution in [2.45, 2.75) is 26.1 Å². The van der Waals surface area contributed by atoms with Gasteiger partial charge < -0.3 is 14.2 Å². The molecular weight excluding hydrogens is 280 g/mol. The van der Waals surface area contributed by atoms with E-state index in [2.05, 4.69) is 0 Å². The van der Waals surface area contributed by atoms with E-state index in [1.807, 2.05) is 55.5 Å². The van der Waals surface area contributed by atoms with Gasteiger partial charge in [-0.2, -0.15) is 0 Å². The fourth-order valence-electron chi connectivity index (χ4n) is 2.36. The molecule has 0 aromatic heterocycles. The SMILES string of the molecule is CCCOC(=O)C1Oc2ccccc2Cc2ccccc2O1. The first-order chi connectivity index (χ1) is 10.8. The monoisotopic (exact) mass is 298 g/mol. The van der Waals surface area contributed by atoms with Gasteiger partial charge in [-0.05, 0) is 29.7 Å². The Hall–Kier alpha value is -2.49. The van der Waals surface area contributed by atoms with E-state index in [0.29, 0.717) is 24.5 Å². The maximum Gasteiger partial charge on any atom is 0.389 e. The van der Waals surface area contributed by atoms with Crippen molar-refractivity contribution >= 4 is 5.97 Å². The molecule has 22 heavy (non-hydrogen) atoms. The summed E-state index contributed by atoms with van der Waals surface area (Å²) in [4.78, 5) is 12.2. The number of benzene rings is 2. The van der Waals surface area contributed by atoms with E-state index in [1.54, 1.807) is 0 Å². The van der Waals surface area contributed by atoms with Gasteiger partial charge in [-0.3, -0.25) is 0 Å². The number of carbonyl (C=O) groups is 1. The van der Waals surface area contributed by atoms with Gasteiger partial charge in [0.1, 0.15) is 11.5 Å². The molecule has 4 heteroatoms. The first-order valence-corrected chi connectivity index (χ1v) is 7.43. The second-order valence-corrected chi connectivity index (χ2v) is 5.13. The molecule has 1 heterocycles. The number of ether oxygens (including phenoxy) is 3. The molecule has 0 saturated heterocycles. The number of hydrogen-bond acceptors (Lipinski definition) is 4. The Morgan fingerprint density at radius 1 is 1.05 bits per heavy atom. The van der Waals surface area contributed by atoms with E-state index in [4.69, 9.17) is 14.2 Å². The minimum Gasteiger partial charge on any atom is -0.460 e. The van der Waals surface area contributed by atoms with Gasteiger partial charge in [0.15, 0.2) is 0 Å². The van der Waals surface area contributed by atoms with Crippen LogP contribution in [0.1, 0.15) is 24.5 Å². The molecule has 0 atom stereocenters. The van der Waals surface area contributed by atoms with Gasteiger partial charge in [0.2, 0.25) is 0 Å². The van der Waals surface area contributed by atoms with Crippen LogP contribution < -0.4 is 9.47 Å². The normalized spacial score (nSPS) is 13.7. The van der Waals surface area contributed by atoms with Crippen molar-refractivity contribution in [3.63, 3.8) is 0 Å². The Kier molecular flexibility index (Phi) is 4.28. The average molecular weight is 298 g/mol. The molecule has 0 unspecified atom stereocenters. The summed E-state index contributed by atoms with van der Waals surface area (Å²) in [6.07, 6.45) is 0.364. The lowest BCUT2D eigenvalue weighted by atomic mass is 10.0. The van der Waals surface area contributed by atoms with E-state index in [-0.39, 0.29) is 0 Å². The molecule has 114 valence electrons. The molecular formula is C18H18O4. The molecule has 0 bridgehead atoms. The first-order valence-electron chi connectivity index (χ1n) is 7.43. The second-order valence-electron chi connectivity index (χ2n) is 5.13. The van der Waals surface area contributed by atoms with E-state index in [1.165, 1.54) is 0 Å². The van der Waals surface area contributed by atoms with Gasteiger partial charge in [0.05, 0.1) is 6.61 Å². The van der Waals surface area contributed by atoms with Crippen molar-refractivity contribution in [2.75, 3.05) is 6.61 Å². The predicted octanol–water partition coefficient (Wildman–Crippen LogP) is 3.33. The Morgan fingerprint density at radius 2 is 1.59 bits per heavy atom. The van der Waals surface area contributed by atoms with Gasteiger partial charge in [-0.25, -0.2) is 4.79 Å². The zero-order valence-corrected chi connectivity index (χ0v) is 12.5. The van der Waals surface area contributed by atoms with Crippen LogP contribution in [0.4, 0.5) is 0 Å². The van der Waals surface area contributed by atoms with Crippen molar-refractivity contribution in [3.05, 3.63) is 59.7 Å². The smallest absolute Gasteiger partial charge is 0.389 e. The summed E-state index contributed by atoms with van der Waals surface area (Å²) in [5, 5.41) is 0. The third-order valence-electron chi connectivity index (χ3n) is 3.44. The lowest BCUT2D eigenvalue weighted by Crippen LogP contribution is -2.36. The maximum absolute atomic E-state index is 12.2. The van der Waals surface area contributed by atoms with Crippen LogP contribution in [-0.4, -0.2) is 18.9 Å². The highest BCUT2D eigenvalue weighted by molar-refractivity contribution is 5.74. The molecule has 0 spiro atoms. The van der Waals surface area contributed by atoms with Crippen molar-refractivity contribution in [1.82, 2.24) is 0 Å². The maximum atomic E-state index is 12.2. The summed E-state index contributed by atoms with van der Waals surface area (Å²) in [7, 11) is 0. The average Bonchev–Trinajstić information content (AvgIpc) is 2.53. The first kappa shape index (κ1) is 14.4. The number of fused-ring (bicyclic) bond motifs is 2. The van der Waals surface area contributed by atoms with Crippen LogP contribution in [0, 0.1) is 0 Å². The van der Waals surface area contributed by atoms with E-state index in [0.717, 1.165) is 17.5 Å². The third kappa shape index (κ3) is 3.06. The largest absolute Gasteiger partial charge is 0.460 e. The zero-order chi connectivity index (χ0) is 15.4. The van der Waals surface area contributed by atoms with Crippen LogP contribution in [0.3, 0.4) is 0 Å². The summed E-state index contributed by atoms with van der Waals surface area (Å²) in [5.41, 5.74) is 2.04. The molecule has 0 N–H and O–H groups in total. The van der Waals surface area contributed by atoms with Crippen LogP contribution >= 0.6 is 0 Å². The molecule has 0 saturated carbocycles. The Labute approximate surface area is 129 Å². The molecule has 4 nitrogen and oxygen atoms in total. The molecule has 1 aliphatic rings. The molecule has 2 aromatic carbocycles. The molecule has 0 amide bonds. The van der Waals surface area contributed by atoms with Crippen LogP contribution in [-0.2, 0) is 16.0 Å².